The summed E-state index contributed by atoms with van der Waals surface area (Å²) in [4.78, 5) is 17.2. The third-order valence-electron chi connectivity index (χ3n) is 5.09. The van der Waals surface area contributed by atoms with Gasteiger partial charge >= 0.3 is 6.09 Å². The lowest BCUT2D eigenvalue weighted by molar-refractivity contribution is 0.151. The Morgan fingerprint density at radius 1 is 0.967 bits per heavy atom. The van der Waals surface area contributed by atoms with E-state index in [9.17, 15) is 4.79 Å². The van der Waals surface area contributed by atoms with Crippen LogP contribution in [0.2, 0.25) is 0 Å². The normalized spacial score (nSPS) is 11.2. The Bertz CT molecular complexity index is 1340. The summed E-state index contributed by atoms with van der Waals surface area (Å²) >= 11 is 0. The molecule has 0 bridgehead atoms. The molecule has 0 unspecified atom stereocenters. The summed E-state index contributed by atoms with van der Waals surface area (Å²) in [6.45, 7) is 2.75. The van der Waals surface area contributed by atoms with Crippen molar-refractivity contribution >= 4 is 28.0 Å². The Labute approximate surface area is 173 Å². The molecule has 30 heavy (non-hydrogen) atoms. The van der Waals surface area contributed by atoms with Crippen LogP contribution >= 0.6 is 0 Å². The second kappa shape index (κ2) is 7.48. The quantitative estimate of drug-likeness (QED) is 0.424. The zero-order chi connectivity index (χ0) is 20.5. The predicted molar refractivity (Wildman–Crippen MR) is 116 cm³/mol. The van der Waals surface area contributed by atoms with Crippen molar-refractivity contribution in [2.24, 2.45) is 0 Å². The maximum atomic E-state index is 12.3. The fourth-order valence-corrected chi connectivity index (χ4v) is 3.71. The number of benzene rings is 3. The monoisotopic (exact) mass is 396 g/mol. The highest BCUT2D eigenvalue weighted by Crippen LogP contribution is 2.29. The Hall–Kier alpha value is -3.93. The lowest BCUT2D eigenvalue weighted by atomic mass is 10.2. The largest absolute Gasteiger partial charge is 0.448 e. The highest BCUT2D eigenvalue weighted by atomic mass is 16.5. The molecule has 0 amide bonds. The molecule has 0 saturated heterocycles. The fraction of sp³-hybridized carbons (Fsp3) is 0.125. The van der Waals surface area contributed by atoms with Gasteiger partial charge in [0.15, 0.2) is 0 Å². The minimum absolute atomic E-state index is 0.298. The molecule has 2 aromatic heterocycles. The van der Waals surface area contributed by atoms with E-state index in [1.807, 2.05) is 48.5 Å². The number of hydrogen-bond donors (Lipinski definition) is 0. The number of carbonyl (C=O) groups excluding carboxylic acids is 1. The summed E-state index contributed by atoms with van der Waals surface area (Å²) in [5.41, 5.74) is 4.72. The van der Waals surface area contributed by atoms with Crippen molar-refractivity contribution in [3.63, 3.8) is 0 Å². The summed E-state index contributed by atoms with van der Waals surface area (Å²) in [6, 6.07) is 24.3. The molecule has 0 atom stereocenters. The van der Waals surface area contributed by atoms with Gasteiger partial charge in [-0.2, -0.15) is 9.78 Å². The lowest BCUT2D eigenvalue weighted by Gasteiger charge is -2.10. The van der Waals surface area contributed by atoms with E-state index < -0.39 is 6.09 Å². The van der Waals surface area contributed by atoms with Crippen LogP contribution in [0.3, 0.4) is 0 Å². The molecular formula is C24H20N4O2. The van der Waals surface area contributed by atoms with Crippen LogP contribution < -0.4 is 0 Å². The Morgan fingerprint density at radius 2 is 1.70 bits per heavy atom. The zero-order valence-corrected chi connectivity index (χ0v) is 16.5. The van der Waals surface area contributed by atoms with Gasteiger partial charge in [-0.05, 0) is 24.6 Å². The molecule has 0 radical (unpaired) electrons. The van der Waals surface area contributed by atoms with Gasteiger partial charge in [0.25, 0.3) is 0 Å². The molecule has 6 heteroatoms. The van der Waals surface area contributed by atoms with E-state index in [2.05, 4.69) is 33.9 Å². The van der Waals surface area contributed by atoms with E-state index in [-0.39, 0.29) is 0 Å². The molecule has 0 N–H and O–H groups in total. The van der Waals surface area contributed by atoms with Crippen molar-refractivity contribution in [1.29, 1.82) is 0 Å². The molecule has 148 valence electrons. The van der Waals surface area contributed by atoms with Gasteiger partial charge in [0.05, 0.1) is 29.4 Å². The van der Waals surface area contributed by atoms with Crippen LogP contribution in [0, 0.1) is 0 Å². The van der Waals surface area contributed by atoms with Gasteiger partial charge in [-0.3, -0.25) is 0 Å². The number of fused-ring (bicyclic) bond motifs is 2. The molecule has 0 aliphatic rings. The topological polar surface area (TPSA) is 61.9 Å². The summed E-state index contributed by atoms with van der Waals surface area (Å²) < 4.78 is 8.63. The second-order valence-electron chi connectivity index (χ2n) is 7.03. The third kappa shape index (κ3) is 3.12. The van der Waals surface area contributed by atoms with Crippen molar-refractivity contribution < 1.29 is 9.53 Å². The average Bonchev–Trinajstić information content (AvgIpc) is 3.35. The molecule has 0 fully saturated rings. The van der Waals surface area contributed by atoms with E-state index in [4.69, 9.17) is 9.72 Å². The standard InChI is InChI=1S/C24H20N4O2/c1-2-30-24(29)28-21-14-22-20(13-19(21)15-25-28)26-23(18-11-7-4-8-12-18)27(22)16-17-9-5-3-6-10-17/h3-15H,2,16H2,1H3. The van der Waals surface area contributed by atoms with Gasteiger partial charge in [0.2, 0.25) is 0 Å². The first-order valence-electron chi connectivity index (χ1n) is 9.89. The summed E-state index contributed by atoms with van der Waals surface area (Å²) in [5, 5.41) is 5.06. The van der Waals surface area contributed by atoms with Crippen molar-refractivity contribution in [2.75, 3.05) is 6.61 Å². The van der Waals surface area contributed by atoms with E-state index >= 15 is 0 Å². The van der Waals surface area contributed by atoms with Gasteiger partial charge in [-0.1, -0.05) is 60.7 Å². The maximum Gasteiger partial charge on any atom is 0.435 e. The van der Waals surface area contributed by atoms with Crippen LogP contribution in [0.4, 0.5) is 4.79 Å². The number of ether oxygens (including phenoxy) is 1. The van der Waals surface area contributed by atoms with E-state index in [0.29, 0.717) is 18.7 Å². The molecule has 0 aliphatic heterocycles. The summed E-state index contributed by atoms with van der Waals surface area (Å²) in [5.74, 6) is 0.887. The molecule has 0 aliphatic carbocycles. The van der Waals surface area contributed by atoms with Crippen molar-refractivity contribution in [2.45, 2.75) is 13.5 Å². The van der Waals surface area contributed by atoms with Gasteiger partial charge in [-0.15, -0.1) is 0 Å². The van der Waals surface area contributed by atoms with Crippen LogP contribution in [-0.4, -0.2) is 32.0 Å². The van der Waals surface area contributed by atoms with E-state index in [0.717, 1.165) is 27.8 Å². The first-order chi connectivity index (χ1) is 14.7. The van der Waals surface area contributed by atoms with Crippen LogP contribution in [0.1, 0.15) is 12.5 Å². The third-order valence-corrected chi connectivity index (χ3v) is 5.09. The van der Waals surface area contributed by atoms with Crippen LogP contribution in [0.5, 0.6) is 0 Å². The summed E-state index contributed by atoms with van der Waals surface area (Å²) in [7, 11) is 0. The van der Waals surface area contributed by atoms with Gasteiger partial charge in [-0.25, -0.2) is 9.78 Å². The fourth-order valence-electron chi connectivity index (χ4n) is 3.71. The van der Waals surface area contributed by atoms with Crippen molar-refractivity contribution in [3.8, 4) is 11.4 Å². The Kier molecular flexibility index (Phi) is 4.52. The number of hydrogen-bond acceptors (Lipinski definition) is 4. The van der Waals surface area contributed by atoms with Crippen LogP contribution in [0.15, 0.2) is 79.0 Å². The molecule has 5 aromatic rings. The Balaban J connectivity index is 1.74. The number of imidazole rings is 1. The lowest BCUT2D eigenvalue weighted by Crippen LogP contribution is -2.14. The molecule has 2 heterocycles. The molecule has 0 spiro atoms. The van der Waals surface area contributed by atoms with Crippen molar-refractivity contribution in [1.82, 2.24) is 19.3 Å². The molecule has 6 nitrogen and oxygen atoms in total. The second-order valence-corrected chi connectivity index (χ2v) is 7.03. The molecule has 5 rings (SSSR count). The van der Waals surface area contributed by atoms with Crippen LogP contribution in [-0.2, 0) is 11.3 Å². The number of nitrogens with zero attached hydrogens (tertiary/aromatic N) is 4. The highest BCUT2D eigenvalue weighted by Gasteiger charge is 2.17. The van der Waals surface area contributed by atoms with E-state index in [1.165, 1.54) is 10.2 Å². The number of carbonyl (C=O) groups is 1. The van der Waals surface area contributed by atoms with E-state index in [1.54, 1.807) is 13.1 Å². The highest BCUT2D eigenvalue weighted by molar-refractivity contribution is 5.98. The summed E-state index contributed by atoms with van der Waals surface area (Å²) in [6.07, 6.45) is 1.19. The zero-order valence-electron chi connectivity index (χ0n) is 16.5. The first-order valence-corrected chi connectivity index (χ1v) is 9.89. The van der Waals surface area contributed by atoms with Gasteiger partial charge < -0.3 is 9.30 Å². The molecule has 0 saturated carbocycles. The predicted octanol–water partition coefficient (Wildman–Crippen LogP) is 5.11. The van der Waals surface area contributed by atoms with Gasteiger partial charge in [0, 0.05) is 17.5 Å². The minimum Gasteiger partial charge on any atom is -0.448 e. The van der Waals surface area contributed by atoms with Crippen LogP contribution in [0.25, 0.3) is 33.3 Å². The molecular weight excluding hydrogens is 376 g/mol. The Morgan fingerprint density at radius 3 is 2.43 bits per heavy atom. The number of aromatic nitrogens is 4. The minimum atomic E-state index is -0.482. The maximum absolute atomic E-state index is 12.3. The average molecular weight is 396 g/mol. The molecule has 3 aromatic carbocycles. The van der Waals surface area contributed by atoms with Gasteiger partial charge in [0.1, 0.15) is 5.82 Å². The first kappa shape index (κ1) is 18.1. The smallest absolute Gasteiger partial charge is 0.435 e. The van der Waals surface area contributed by atoms with Crippen molar-refractivity contribution in [3.05, 3.63) is 84.6 Å². The SMILES string of the molecule is CCOC(=O)n1ncc2cc3nc(-c4ccccc4)n(Cc4ccccc4)c3cc21. The number of rotatable bonds is 4.